The molecular weight excluding hydrogens is 278 g/mol. The number of hydrogen-bond donors (Lipinski definition) is 3. The summed E-state index contributed by atoms with van der Waals surface area (Å²) in [4.78, 5) is 10.3. The minimum absolute atomic E-state index is 0.245. The summed E-state index contributed by atoms with van der Waals surface area (Å²) in [6, 6.07) is 15.7. The summed E-state index contributed by atoms with van der Waals surface area (Å²) in [5.41, 5.74) is 4.45. The lowest BCUT2D eigenvalue weighted by Gasteiger charge is -2.10. The van der Waals surface area contributed by atoms with Gasteiger partial charge in [0.25, 0.3) is 0 Å². The number of carboxylic acid groups (broad SMARTS) is 1. The number of aliphatic carboxylic acids is 1. The average Bonchev–Trinajstić information content (AvgIpc) is 2.44. The standard InChI is InChI=1S/C10H12O3.C6H4.C2H7N/c1-7-4-2-3-5-8(7)9(11)6-10(12)13;1-2-6-4-3-5(1)6;1-3-2/h2-5,9,11H,6H2,1H3,(H,12,13);1-4H;3H,1-2H3. The number of carboxylic acids is 1. The normalized spacial score (nSPS) is 11.3. The smallest absolute Gasteiger partial charge is 0.306 e. The van der Waals surface area contributed by atoms with Crippen LogP contribution >= 0.6 is 0 Å². The van der Waals surface area contributed by atoms with Crippen LogP contribution in [0.5, 0.6) is 0 Å². The first-order chi connectivity index (χ1) is 10.5. The van der Waals surface area contributed by atoms with Crippen molar-refractivity contribution in [2.45, 2.75) is 19.4 Å². The fourth-order valence-corrected chi connectivity index (χ4v) is 1.90. The molecule has 3 rings (SSSR count). The number of benzene rings is 2. The van der Waals surface area contributed by atoms with E-state index in [1.807, 2.05) is 33.2 Å². The summed E-state index contributed by atoms with van der Waals surface area (Å²) in [6.07, 6.45) is -1.15. The third-order valence-electron chi connectivity index (χ3n) is 3.13. The van der Waals surface area contributed by atoms with Gasteiger partial charge in [0.05, 0.1) is 12.5 Å². The highest BCUT2D eigenvalue weighted by Crippen LogP contribution is 2.29. The SMILES string of the molecule is CNC.Cc1ccccc1C(O)CC(=O)O.c1cc2ccc1-2. The lowest BCUT2D eigenvalue weighted by molar-refractivity contribution is -0.139. The van der Waals surface area contributed by atoms with Crippen molar-refractivity contribution >= 4 is 5.97 Å². The van der Waals surface area contributed by atoms with Gasteiger partial charge < -0.3 is 15.5 Å². The highest BCUT2D eigenvalue weighted by atomic mass is 16.4. The van der Waals surface area contributed by atoms with Gasteiger partial charge in [0.2, 0.25) is 0 Å². The van der Waals surface area contributed by atoms with Crippen molar-refractivity contribution in [2.75, 3.05) is 14.1 Å². The van der Waals surface area contributed by atoms with Crippen LogP contribution < -0.4 is 5.32 Å². The van der Waals surface area contributed by atoms with E-state index in [0.29, 0.717) is 5.56 Å². The first-order valence-corrected chi connectivity index (χ1v) is 7.14. The van der Waals surface area contributed by atoms with E-state index < -0.39 is 12.1 Å². The van der Waals surface area contributed by atoms with E-state index in [2.05, 4.69) is 29.6 Å². The van der Waals surface area contributed by atoms with Crippen LogP contribution in [0.3, 0.4) is 0 Å². The van der Waals surface area contributed by atoms with E-state index in [4.69, 9.17) is 5.11 Å². The van der Waals surface area contributed by atoms with Crippen molar-refractivity contribution in [3.8, 4) is 11.1 Å². The number of fused-ring (bicyclic) bond motifs is 1. The Bertz CT molecular complexity index is 573. The van der Waals surface area contributed by atoms with Crippen LogP contribution in [0.2, 0.25) is 0 Å². The van der Waals surface area contributed by atoms with Crippen LogP contribution in [0.25, 0.3) is 11.1 Å². The summed E-state index contributed by atoms with van der Waals surface area (Å²) in [5, 5.41) is 20.7. The molecule has 0 radical (unpaired) electrons. The Morgan fingerprint density at radius 1 is 1.05 bits per heavy atom. The minimum atomic E-state index is -0.990. The molecule has 2 aliphatic rings. The zero-order chi connectivity index (χ0) is 16.5. The first-order valence-electron chi connectivity index (χ1n) is 7.14. The number of aliphatic hydroxyl groups excluding tert-OH is 1. The summed E-state index contributed by atoms with van der Waals surface area (Å²) in [5.74, 6) is -0.990. The van der Waals surface area contributed by atoms with Crippen LogP contribution in [-0.2, 0) is 4.79 Å². The first kappa shape index (κ1) is 17.9. The Morgan fingerprint density at radius 3 is 1.82 bits per heavy atom. The minimum Gasteiger partial charge on any atom is -0.481 e. The molecule has 0 heterocycles. The molecule has 0 fully saturated rings. The molecule has 0 aromatic heterocycles. The third-order valence-corrected chi connectivity index (χ3v) is 3.13. The summed E-state index contributed by atoms with van der Waals surface area (Å²) < 4.78 is 0. The van der Waals surface area contributed by atoms with Gasteiger partial charge in [-0.25, -0.2) is 0 Å². The van der Waals surface area contributed by atoms with E-state index in [-0.39, 0.29) is 6.42 Å². The van der Waals surface area contributed by atoms with Gasteiger partial charge in [0.15, 0.2) is 0 Å². The van der Waals surface area contributed by atoms with Gasteiger partial charge in [-0.15, -0.1) is 0 Å². The number of carbonyl (C=O) groups is 1. The Hall–Kier alpha value is -2.17. The number of aliphatic hydroxyl groups is 1. The molecule has 0 aliphatic heterocycles. The predicted octanol–water partition coefficient (Wildman–Crippen LogP) is 3.01. The van der Waals surface area contributed by atoms with Gasteiger partial charge in [-0.3, -0.25) is 4.79 Å². The maximum absolute atomic E-state index is 10.3. The number of nitrogens with one attached hydrogen (secondary N) is 1. The second-order valence-electron chi connectivity index (χ2n) is 5.05. The van der Waals surface area contributed by atoms with Crippen LogP contribution in [0.4, 0.5) is 0 Å². The van der Waals surface area contributed by atoms with Crippen molar-refractivity contribution in [2.24, 2.45) is 0 Å². The second-order valence-corrected chi connectivity index (χ2v) is 5.05. The van der Waals surface area contributed by atoms with Gasteiger partial charge in [0.1, 0.15) is 0 Å². The second kappa shape index (κ2) is 8.97. The van der Waals surface area contributed by atoms with Crippen LogP contribution in [-0.4, -0.2) is 30.3 Å². The highest BCUT2D eigenvalue weighted by molar-refractivity contribution is 5.75. The quantitative estimate of drug-likeness (QED) is 0.695. The van der Waals surface area contributed by atoms with Crippen molar-refractivity contribution in [3.05, 3.63) is 59.7 Å². The summed E-state index contributed by atoms with van der Waals surface area (Å²) in [7, 11) is 3.75. The molecule has 0 amide bonds. The van der Waals surface area contributed by atoms with Gasteiger partial charge in [-0.05, 0) is 43.3 Å². The van der Waals surface area contributed by atoms with Gasteiger partial charge in [-0.1, -0.05) is 48.5 Å². The molecule has 0 bridgehead atoms. The molecule has 0 spiro atoms. The maximum atomic E-state index is 10.3. The molecular formula is C18H23NO3. The van der Waals surface area contributed by atoms with Crippen LogP contribution in [0, 0.1) is 6.92 Å². The Morgan fingerprint density at radius 2 is 1.50 bits per heavy atom. The molecule has 0 saturated carbocycles. The van der Waals surface area contributed by atoms with Crippen molar-refractivity contribution < 1.29 is 15.0 Å². The van der Waals surface area contributed by atoms with Crippen LogP contribution in [0.1, 0.15) is 23.7 Å². The Labute approximate surface area is 131 Å². The molecule has 1 aromatic rings. The average molecular weight is 301 g/mol. The number of aryl methyl sites for hydroxylation is 1. The fourth-order valence-electron chi connectivity index (χ4n) is 1.90. The molecule has 2 aliphatic carbocycles. The topological polar surface area (TPSA) is 69.6 Å². The van der Waals surface area contributed by atoms with E-state index in [9.17, 15) is 9.90 Å². The largest absolute Gasteiger partial charge is 0.481 e. The molecule has 4 nitrogen and oxygen atoms in total. The maximum Gasteiger partial charge on any atom is 0.306 e. The van der Waals surface area contributed by atoms with E-state index in [1.165, 1.54) is 11.1 Å². The van der Waals surface area contributed by atoms with Crippen molar-refractivity contribution in [3.63, 3.8) is 0 Å². The van der Waals surface area contributed by atoms with Gasteiger partial charge in [-0.2, -0.15) is 0 Å². The Balaban J connectivity index is 0.000000219. The van der Waals surface area contributed by atoms with E-state index >= 15 is 0 Å². The monoisotopic (exact) mass is 301 g/mol. The molecule has 4 heteroatoms. The molecule has 118 valence electrons. The van der Waals surface area contributed by atoms with Gasteiger partial charge >= 0.3 is 5.97 Å². The molecule has 0 saturated heterocycles. The molecule has 1 aromatic carbocycles. The van der Waals surface area contributed by atoms with E-state index in [0.717, 1.165) is 5.56 Å². The molecule has 3 N–H and O–H groups in total. The highest BCUT2D eigenvalue weighted by Gasteiger charge is 2.13. The summed E-state index contributed by atoms with van der Waals surface area (Å²) >= 11 is 0. The molecule has 1 unspecified atom stereocenters. The van der Waals surface area contributed by atoms with Gasteiger partial charge in [0, 0.05) is 0 Å². The number of rotatable bonds is 3. The zero-order valence-corrected chi connectivity index (χ0v) is 13.2. The molecule has 22 heavy (non-hydrogen) atoms. The summed E-state index contributed by atoms with van der Waals surface area (Å²) in [6.45, 7) is 1.85. The third kappa shape index (κ3) is 5.31. The molecule has 1 atom stereocenters. The number of hydrogen-bond acceptors (Lipinski definition) is 3. The lowest BCUT2D eigenvalue weighted by atomic mass is 9.95. The van der Waals surface area contributed by atoms with Crippen molar-refractivity contribution in [1.82, 2.24) is 5.32 Å². The zero-order valence-electron chi connectivity index (χ0n) is 13.2. The fraction of sp³-hybridized carbons (Fsp3) is 0.278. The lowest BCUT2D eigenvalue weighted by Crippen LogP contribution is -2.06. The van der Waals surface area contributed by atoms with Crippen LogP contribution in [0.15, 0.2) is 48.5 Å². The van der Waals surface area contributed by atoms with Crippen molar-refractivity contribution in [1.29, 1.82) is 0 Å². The Kier molecular flexibility index (Phi) is 7.29. The predicted molar refractivity (Wildman–Crippen MR) is 88.8 cm³/mol. The van der Waals surface area contributed by atoms with E-state index in [1.54, 1.807) is 12.1 Å².